The molecule has 0 bridgehead atoms. The van der Waals surface area contributed by atoms with Crippen LogP contribution in [-0.2, 0) is 0 Å². The maximum atomic E-state index is 3.75. The zero-order chi connectivity index (χ0) is 9.07. The van der Waals surface area contributed by atoms with E-state index in [-0.39, 0.29) is 0 Å². The molecule has 0 aliphatic heterocycles. The van der Waals surface area contributed by atoms with Crippen molar-refractivity contribution in [3.05, 3.63) is 0 Å². The SMILES string of the molecule is C[SiH](C)N[Si](C)(C)N[SiH](C)C. The molecule has 0 aromatic rings. The summed E-state index contributed by atoms with van der Waals surface area (Å²) < 4.78 is 7.50. The third-order valence-corrected chi connectivity index (χ3v) is 11.7. The minimum absolute atomic E-state index is 0.583. The highest BCUT2D eigenvalue weighted by Crippen LogP contribution is 1.93. The van der Waals surface area contributed by atoms with Crippen LogP contribution in [0.5, 0.6) is 0 Å². The molecule has 0 saturated carbocycles. The van der Waals surface area contributed by atoms with E-state index in [0.29, 0.717) is 0 Å². The van der Waals surface area contributed by atoms with Crippen molar-refractivity contribution >= 4 is 26.3 Å². The largest absolute Gasteiger partial charge is 0.350 e. The molecule has 0 aromatic carbocycles. The van der Waals surface area contributed by atoms with Gasteiger partial charge in [0.2, 0.25) is 0 Å². The molecule has 0 spiro atoms. The molecule has 0 radical (unpaired) electrons. The molecule has 0 saturated heterocycles. The van der Waals surface area contributed by atoms with Gasteiger partial charge in [-0.15, -0.1) is 0 Å². The molecule has 0 amide bonds. The Hall–Kier alpha value is 0.571. The highest BCUT2D eigenvalue weighted by molar-refractivity contribution is 6.88. The van der Waals surface area contributed by atoms with E-state index in [0.717, 1.165) is 0 Å². The van der Waals surface area contributed by atoms with Crippen LogP contribution in [-0.4, -0.2) is 26.3 Å². The Balaban J connectivity index is 3.79. The number of rotatable bonds is 4. The fourth-order valence-corrected chi connectivity index (χ4v) is 14.1. The predicted molar refractivity (Wildman–Crippen MR) is 61.5 cm³/mol. The van der Waals surface area contributed by atoms with Crippen LogP contribution >= 0.6 is 0 Å². The smallest absolute Gasteiger partial charge is 0.181 e. The summed E-state index contributed by atoms with van der Waals surface area (Å²) in [5, 5.41) is 0. The van der Waals surface area contributed by atoms with Gasteiger partial charge in [0.25, 0.3) is 0 Å². The van der Waals surface area contributed by atoms with Gasteiger partial charge in [-0.3, -0.25) is 0 Å². The van der Waals surface area contributed by atoms with E-state index in [4.69, 9.17) is 0 Å². The standard InChI is InChI=1S/C6H22N2Si3/c1-9(2)7-11(5,6)8-10(3)4/h7-10H,1-6H3. The lowest BCUT2D eigenvalue weighted by Gasteiger charge is -2.29. The summed E-state index contributed by atoms with van der Waals surface area (Å²) in [6.07, 6.45) is 0. The maximum absolute atomic E-state index is 3.75. The highest BCUT2D eigenvalue weighted by Gasteiger charge is 2.22. The molecule has 0 aromatic heterocycles. The predicted octanol–water partition coefficient (Wildman–Crippen LogP) is 0.834. The van der Waals surface area contributed by atoms with Crippen LogP contribution in [0.25, 0.3) is 0 Å². The molecular weight excluding hydrogens is 184 g/mol. The van der Waals surface area contributed by atoms with E-state index < -0.39 is 26.3 Å². The van der Waals surface area contributed by atoms with Crippen molar-refractivity contribution in [1.29, 1.82) is 0 Å². The van der Waals surface area contributed by atoms with Crippen LogP contribution in [0, 0.1) is 0 Å². The molecular formula is C6H22N2Si3. The fourth-order valence-electron chi connectivity index (χ4n) is 1.49. The first kappa shape index (κ1) is 11.6. The third-order valence-electron chi connectivity index (χ3n) is 1.30. The van der Waals surface area contributed by atoms with Gasteiger partial charge in [-0.05, 0) is 13.1 Å². The quantitative estimate of drug-likeness (QED) is 0.666. The van der Waals surface area contributed by atoms with Crippen LogP contribution in [0.1, 0.15) is 0 Å². The van der Waals surface area contributed by atoms with Crippen molar-refractivity contribution in [3.8, 4) is 0 Å². The van der Waals surface area contributed by atoms with Gasteiger partial charge in [-0.25, -0.2) is 0 Å². The van der Waals surface area contributed by atoms with E-state index in [9.17, 15) is 0 Å². The lowest BCUT2D eigenvalue weighted by molar-refractivity contribution is 1.23. The van der Waals surface area contributed by atoms with E-state index in [1.807, 2.05) is 0 Å². The summed E-state index contributed by atoms with van der Waals surface area (Å²) in [7, 11) is -2.37. The first-order valence-electron chi connectivity index (χ1n) is 4.39. The van der Waals surface area contributed by atoms with Gasteiger partial charge in [-0.1, -0.05) is 26.2 Å². The van der Waals surface area contributed by atoms with Gasteiger partial charge in [0.15, 0.2) is 8.40 Å². The van der Waals surface area contributed by atoms with Crippen LogP contribution in [0.2, 0.25) is 39.3 Å². The molecule has 2 nitrogen and oxygen atoms in total. The van der Waals surface area contributed by atoms with Crippen LogP contribution in [0.3, 0.4) is 0 Å². The monoisotopic (exact) mass is 206 g/mol. The molecule has 0 atom stereocenters. The first-order valence-corrected chi connectivity index (χ1v) is 13.2. The topological polar surface area (TPSA) is 24.1 Å². The van der Waals surface area contributed by atoms with Crippen molar-refractivity contribution in [1.82, 2.24) is 9.30 Å². The van der Waals surface area contributed by atoms with Gasteiger partial charge < -0.3 is 9.30 Å². The van der Waals surface area contributed by atoms with E-state index in [1.165, 1.54) is 0 Å². The molecule has 0 aliphatic carbocycles. The van der Waals surface area contributed by atoms with Crippen LogP contribution in [0.4, 0.5) is 0 Å². The zero-order valence-corrected chi connectivity index (χ0v) is 12.0. The van der Waals surface area contributed by atoms with Crippen molar-refractivity contribution in [2.45, 2.75) is 39.3 Å². The minimum Gasteiger partial charge on any atom is -0.350 e. The van der Waals surface area contributed by atoms with E-state index in [1.54, 1.807) is 0 Å². The van der Waals surface area contributed by atoms with E-state index >= 15 is 0 Å². The lowest BCUT2D eigenvalue weighted by atomic mass is 11.9. The second kappa shape index (κ2) is 4.56. The molecule has 68 valence electrons. The Bertz CT molecular complexity index is 102. The Morgan fingerprint density at radius 2 is 1.09 bits per heavy atom. The summed E-state index contributed by atoms with van der Waals surface area (Å²) in [4.78, 5) is 0. The zero-order valence-electron chi connectivity index (χ0n) is 8.65. The maximum Gasteiger partial charge on any atom is 0.181 e. The molecule has 5 heteroatoms. The fraction of sp³-hybridized carbons (Fsp3) is 1.00. The molecule has 0 aliphatic rings. The number of nitrogens with one attached hydrogen (secondary N) is 2. The number of hydrogen-bond acceptors (Lipinski definition) is 2. The first-order chi connectivity index (χ1) is 4.83. The average molecular weight is 207 g/mol. The van der Waals surface area contributed by atoms with Crippen LogP contribution in [0.15, 0.2) is 0 Å². The Kier molecular flexibility index (Phi) is 4.80. The molecule has 0 heterocycles. The molecule has 2 N–H and O–H groups in total. The van der Waals surface area contributed by atoms with Gasteiger partial charge >= 0.3 is 0 Å². The summed E-state index contributed by atoms with van der Waals surface area (Å²) >= 11 is 0. The Morgan fingerprint density at radius 1 is 0.818 bits per heavy atom. The second-order valence-corrected chi connectivity index (χ2v) is 14.4. The molecule has 0 rings (SSSR count). The normalized spacial score (nSPS) is 13.1. The van der Waals surface area contributed by atoms with Crippen molar-refractivity contribution in [2.24, 2.45) is 0 Å². The molecule has 11 heavy (non-hydrogen) atoms. The second-order valence-electron chi connectivity index (χ2n) is 4.22. The summed E-state index contributed by atoms with van der Waals surface area (Å²) in [5.74, 6) is 0. The third kappa shape index (κ3) is 6.95. The lowest BCUT2D eigenvalue weighted by Crippen LogP contribution is -2.64. The Morgan fingerprint density at radius 3 is 1.27 bits per heavy atom. The summed E-state index contributed by atoms with van der Waals surface area (Å²) in [6, 6.07) is 0. The van der Waals surface area contributed by atoms with E-state index in [2.05, 4.69) is 48.6 Å². The van der Waals surface area contributed by atoms with Gasteiger partial charge in [0, 0.05) is 0 Å². The van der Waals surface area contributed by atoms with Crippen molar-refractivity contribution in [3.63, 3.8) is 0 Å². The molecule has 0 fully saturated rings. The Labute approximate surface area is 75.3 Å². The summed E-state index contributed by atoms with van der Waals surface area (Å²) in [6.45, 7) is 14.1. The van der Waals surface area contributed by atoms with Crippen LogP contribution < -0.4 is 9.30 Å². The number of hydrogen-bond donors (Lipinski definition) is 2. The van der Waals surface area contributed by atoms with Gasteiger partial charge in [-0.2, -0.15) is 0 Å². The van der Waals surface area contributed by atoms with Crippen molar-refractivity contribution < 1.29 is 0 Å². The van der Waals surface area contributed by atoms with Gasteiger partial charge in [0.1, 0.15) is 0 Å². The minimum atomic E-state index is -1.21. The summed E-state index contributed by atoms with van der Waals surface area (Å²) in [5.41, 5.74) is 0. The highest BCUT2D eigenvalue weighted by atomic mass is 28.4. The average Bonchev–Trinajstić information content (AvgIpc) is 1.53. The van der Waals surface area contributed by atoms with Crippen molar-refractivity contribution in [2.75, 3.05) is 0 Å². The molecule has 0 unspecified atom stereocenters. The van der Waals surface area contributed by atoms with Gasteiger partial charge in [0.05, 0.1) is 17.9 Å².